The van der Waals surface area contributed by atoms with Crippen molar-refractivity contribution in [3.05, 3.63) is 51.2 Å². The van der Waals surface area contributed by atoms with Crippen LogP contribution in [0.15, 0.2) is 36.4 Å². The van der Waals surface area contributed by atoms with Crippen LogP contribution in [0.25, 0.3) is 0 Å². The first-order valence-electron chi connectivity index (χ1n) is 5.62. The monoisotopic (exact) mass is 266 g/mol. The molecule has 0 atom stereocenters. The van der Waals surface area contributed by atoms with E-state index in [4.69, 9.17) is 16.3 Å². The van der Waals surface area contributed by atoms with Gasteiger partial charge in [-0.2, -0.15) is 0 Å². The molecule has 2 rings (SSSR count). The van der Waals surface area contributed by atoms with Crippen molar-refractivity contribution in [3.63, 3.8) is 0 Å². The van der Waals surface area contributed by atoms with Gasteiger partial charge in [0.25, 0.3) is 0 Å². The number of hydrogen-bond donors (Lipinski definition) is 0. The predicted molar refractivity (Wildman–Crippen MR) is 74.2 cm³/mol. The SMILES string of the molecule is CC(C)c1ccccc1OCc1ccc(Cl)s1. The third-order valence-corrected chi connectivity index (χ3v) is 3.74. The summed E-state index contributed by atoms with van der Waals surface area (Å²) in [4.78, 5) is 1.15. The van der Waals surface area contributed by atoms with Gasteiger partial charge in [0.1, 0.15) is 12.4 Å². The summed E-state index contributed by atoms with van der Waals surface area (Å²) >= 11 is 7.45. The van der Waals surface area contributed by atoms with Crippen molar-refractivity contribution >= 4 is 22.9 Å². The minimum absolute atomic E-state index is 0.470. The lowest BCUT2D eigenvalue weighted by atomic mass is 10.0. The Morgan fingerprint density at radius 3 is 2.59 bits per heavy atom. The fourth-order valence-electron chi connectivity index (χ4n) is 1.67. The molecule has 0 spiro atoms. The number of ether oxygens (including phenoxy) is 1. The van der Waals surface area contributed by atoms with Crippen LogP contribution < -0.4 is 4.74 Å². The normalized spacial score (nSPS) is 10.8. The molecule has 0 amide bonds. The summed E-state index contributed by atoms with van der Waals surface area (Å²) in [6.07, 6.45) is 0. The van der Waals surface area contributed by atoms with E-state index < -0.39 is 0 Å². The highest BCUT2D eigenvalue weighted by molar-refractivity contribution is 7.16. The average Bonchev–Trinajstić information content (AvgIpc) is 2.73. The summed E-state index contributed by atoms with van der Waals surface area (Å²) in [6.45, 7) is 4.93. The Bertz CT molecular complexity index is 490. The van der Waals surface area contributed by atoms with Crippen molar-refractivity contribution in [2.24, 2.45) is 0 Å². The Morgan fingerprint density at radius 1 is 1.18 bits per heavy atom. The lowest BCUT2D eigenvalue weighted by Gasteiger charge is -2.13. The van der Waals surface area contributed by atoms with Gasteiger partial charge in [-0.1, -0.05) is 43.6 Å². The largest absolute Gasteiger partial charge is 0.488 e. The van der Waals surface area contributed by atoms with E-state index in [1.54, 1.807) is 11.3 Å². The average molecular weight is 267 g/mol. The highest BCUT2D eigenvalue weighted by atomic mass is 35.5. The molecular formula is C14H15ClOS. The molecule has 0 aliphatic carbocycles. The molecule has 1 heterocycles. The zero-order valence-corrected chi connectivity index (χ0v) is 11.5. The molecule has 0 unspecified atom stereocenters. The van der Waals surface area contributed by atoms with E-state index in [1.165, 1.54) is 5.56 Å². The molecule has 0 saturated carbocycles. The van der Waals surface area contributed by atoms with Crippen LogP contribution in [0.2, 0.25) is 4.34 Å². The number of benzene rings is 1. The smallest absolute Gasteiger partial charge is 0.123 e. The van der Waals surface area contributed by atoms with Crippen LogP contribution in [0.1, 0.15) is 30.2 Å². The van der Waals surface area contributed by atoms with Crippen molar-refractivity contribution in [2.45, 2.75) is 26.4 Å². The summed E-state index contributed by atoms with van der Waals surface area (Å²) < 4.78 is 6.66. The van der Waals surface area contributed by atoms with Crippen molar-refractivity contribution in [1.82, 2.24) is 0 Å². The summed E-state index contributed by atoms with van der Waals surface area (Å²) in [7, 11) is 0. The minimum Gasteiger partial charge on any atom is -0.488 e. The Kier molecular flexibility index (Phi) is 4.08. The lowest BCUT2D eigenvalue weighted by Crippen LogP contribution is -1.98. The van der Waals surface area contributed by atoms with Crippen molar-refractivity contribution < 1.29 is 4.74 Å². The van der Waals surface area contributed by atoms with Crippen LogP contribution in [-0.4, -0.2) is 0 Å². The highest BCUT2D eigenvalue weighted by Gasteiger charge is 2.07. The van der Waals surface area contributed by atoms with E-state index >= 15 is 0 Å². The molecule has 90 valence electrons. The summed E-state index contributed by atoms with van der Waals surface area (Å²) in [5.74, 6) is 1.44. The van der Waals surface area contributed by atoms with E-state index in [2.05, 4.69) is 19.9 Å². The minimum atomic E-state index is 0.470. The van der Waals surface area contributed by atoms with Gasteiger partial charge >= 0.3 is 0 Å². The second-order valence-corrected chi connectivity index (χ2v) is 5.99. The predicted octanol–water partition coefficient (Wildman–Crippen LogP) is 5.10. The maximum Gasteiger partial charge on any atom is 0.123 e. The third kappa shape index (κ3) is 3.24. The molecule has 0 N–H and O–H groups in total. The quantitative estimate of drug-likeness (QED) is 0.748. The zero-order chi connectivity index (χ0) is 12.3. The van der Waals surface area contributed by atoms with Crippen LogP contribution in [0.3, 0.4) is 0 Å². The van der Waals surface area contributed by atoms with E-state index in [0.29, 0.717) is 12.5 Å². The molecule has 0 aliphatic rings. The van der Waals surface area contributed by atoms with Gasteiger partial charge in [-0.25, -0.2) is 0 Å². The number of halogens is 1. The van der Waals surface area contributed by atoms with Crippen molar-refractivity contribution in [2.75, 3.05) is 0 Å². The standard InChI is InChI=1S/C14H15ClOS/c1-10(2)12-5-3-4-6-13(12)16-9-11-7-8-14(15)17-11/h3-8,10H,9H2,1-2H3. The molecule has 0 fully saturated rings. The summed E-state index contributed by atoms with van der Waals surface area (Å²) in [5, 5.41) is 0. The second-order valence-electron chi connectivity index (χ2n) is 4.19. The first-order chi connectivity index (χ1) is 8.16. The number of para-hydroxylation sites is 1. The van der Waals surface area contributed by atoms with Crippen LogP contribution >= 0.6 is 22.9 Å². The van der Waals surface area contributed by atoms with Crippen molar-refractivity contribution in [3.8, 4) is 5.75 Å². The van der Waals surface area contributed by atoms with Gasteiger partial charge in [-0.3, -0.25) is 0 Å². The Morgan fingerprint density at radius 2 is 1.94 bits per heavy atom. The molecule has 1 nitrogen and oxygen atoms in total. The zero-order valence-electron chi connectivity index (χ0n) is 9.94. The first kappa shape index (κ1) is 12.5. The number of thiophene rings is 1. The van der Waals surface area contributed by atoms with Crippen LogP contribution in [0.5, 0.6) is 5.75 Å². The van der Waals surface area contributed by atoms with Gasteiger partial charge in [-0.15, -0.1) is 11.3 Å². The Labute approximate surface area is 111 Å². The molecule has 0 aliphatic heterocycles. The van der Waals surface area contributed by atoms with E-state index in [1.807, 2.05) is 30.3 Å². The molecule has 1 aromatic carbocycles. The van der Waals surface area contributed by atoms with Gasteiger partial charge < -0.3 is 4.74 Å². The summed E-state index contributed by atoms with van der Waals surface area (Å²) in [6, 6.07) is 12.1. The lowest BCUT2D eigenvalue weighted by molar-refractivity contribution is 0.305. The molecule has 3 heteroatoms. The van der Waals surface area contributed by atoms with Crippen LogP contribution in [0, 0.1) is 0 Å². The maximum absolute atomic E-state index is 5.89. The highest BCUT2D eigenvalue weighted by Crippen LogP contribution is 2.28. The Hall–Kier alpha value is -0.990. The Balaban J connectivity index is 2.08. The number of hydrogen-bond acceptors (Lipinski definition) is 2. The maximum atomic E-state index is 5.89. The van der Waals surface area contributed by atoms with Gasteiger partial charge in [0.15, 0.2) is 0 Å². The molecular weight excluding hydrogens is 252 g/mol. The third-order valence-electron chi connectivity index (χ3n) is 2.54. The van der Waals surface area contributed by atoms with Crippen LogP contribution in [-0.2, 0) is 6.61 Å². The van der Waals surface area contributed by atoms with E-state index in [0.717, 1.165) is 15.0 Å². The molecule has 1 aromatic heterocycles. The second kappa shape index (κ2) is 5.56. The fourth-order valence-corrected chi connectivity index (χ4v) is 2.67. The first-order valence-corrected chi connectivity index (χ1v) is 6.82. The van der Waals surface area contributed by atoms with Gasteiger partial charge in [-0.05, 0) is 29.7 Å². The van der Waals surface area contributed by atoms with Crippen molar-refractivity contribution in [1.29, 1.82) is 0 Å². The van der Waals surface area contributed by atoms with Crippen LogP contribution in [0.4, 0.5) is 0 Å². The number of rotatable bonds is 4. The van der Waals surface area contributed by atoms with Gasteiger partial charge in [0, 0.05) is 4.88 Å². The summed E-state index contributed by atoms with van der Waals surface area (Å²) in [5.41, 5.74) is 1.25. The molecule has 2 aromatic rings. The topological polar surface area (TPSA) is 9.23 Å². The van der Waals surface area contributed by atoms with E-state index in [9.17, 15) is 0 Å². The molecule has 0 saturated heterocycles. The van der Waals surface area contributed by atoms with Gasteiger partial charge in [0.2, 0.25) is 0 Å². The molecule has 0 bridgehead atoms. The molecule has 0 radical (unpaired) electrons. The van der Waals surface area contributed by atoms with Gasteiger partial charge in [0.05, 0.1) is 4.34 Å². The fraction of sp³-hybridized carbons (Fsp3) is 0.286. The molecule has 17 heavy (non-hydrogen) atoms. The van der Waals surface area contributed by atoms with E-state index in [-0.39, 0.29) is 0 Å².